The summed E-state index contributed by atoms with van der Waals surface area (Å²) in [5.74, 6) is 0.385. The number of hydrogen-bond donors (Lipinski definition) is 0. The molecule has 0 saturated heterocycles. The molecule has 0 bridgehead atoms. The zero-order valence-electron chi connectivity index (χ0n) is 12.6. The Balaban J connectivity index is 2.29. The van der Waals surface area contributed by atoms with Crippen LogP contribution in [0.2, 0.25) is 0 Å². The van der Waals surface area contributed by atoms with Gasteiger partial charge >= 0.3 is 5.97 Å². The number of rotatable bonds is 7. The molecule has 0 fully saturated rings. The highest BCUT2D eigenvalue weighted by molar-refractivity contribution is 5.72. The number of carbonyl (C=O) groups is 1. The van der Waals surface area contributed by atoms with Gasteiger partial charge in [0.1, 0.15) is 6.10 Å². The molecular formula is C18H24O2. The van der Waals surface area contributed by atoms with Crippen LogP contribution in [-0.2, 0) is 16.0 Å². The van der Waals surface area contributed by atoms with Crippen LogP contribution < -0.4 is 0 Å². The third-order valence-corrected chi connectivity index (χ3v) is 2.71. The molecule has 1 unspecified atom stereocenters. The van der Waals surface area contributed by atoms with Gasteiger partial charge in [0.2, 0.25) is 0 Å². The number of carbonyl (C=O) groups excluding carboxylic acids is 1. The van der Waals surface area contributed by atoms with Crippen LogP contribution in [0.5, 0.6) is 0 Å². The quantitative estimate of drug-likeness (QED) is 0.546. The van der Waals surface area contributed by atoms with Crippen LogP contribution in [0, 0.1) is 5.92 Å². The van der Waals surface area contributed by atoms with E-state index in [0.717, 1.165) is 12.0 Å². The Bertz CT molecular complexity index is 444. The summed E-state index contributed by atoms with van der Waals surface area (Å²) in [5, 5.41) is 0. The molecule has 0 aliphatic heterocycles. The molecule has 1 rings (SSSR count). The summed E-state index contributed by atoms with van der Waals surface area (Å²) in [6.07, 6.45) is 9.26. The Morgan fingerprint density at radius 3 is 2.40 bits per heavy atom. The minimum absolute atomic E-state index is 0.182. The Morgan fingerprint density at radius 2 is 1.75 bits per heavy atom. The smallest absolute Gasteiger partial charge is 0.310 e. The summed E-state index contributed by atoms with van der Waals surface area (Å²) in [6, 6.07) is 9.64. The molecule has 1 atom stereocenters. The van der Waals surface area contributed by atoms with Crippen molar-refractivity contribution in [1.82, 2.24) is 0 Å². The largest absolute Gasteiger partial charge is 0.458 e. The van der Waals surface area contributed by atoms with E-state index in [1.54, 1.807) is 0 Å². The van der Waals surface area contributed by atoms with Crippen molar-refractivity contribution in [2.45, 2.75) is 39.7 Å². The molecular weight excluding hydrogens is 248 g/mol. The lowest BCUT2D eigenvalue weighted by Crippen LogP contribution is -2.14. The maximum atomic E-state index is 11.7. The summed E-state index contributed by atoms with van der Waals surface area (Å²) < 4.78 is 5.33. The molecule has 1 aromatic rings. The van der Waals surface area contributed by atoms with E-state index in [9.17, 15) is 4.79 Å². The molecule has 108 valence electrons. The molecule has 2 heteroatoms. The van der Waals surface area contributed by atoms with Crippen LogP contribution in [0.3, 0.4) is 0 Å². The first-order chi connectivity index (χ1) is 9.58. The number of esters is 1. The van der Waals surface area contributed by atoms with Crippen molar-refractivity contribution in [2.75, 3.05) is 0 Å². The molecule has 0 saturated carbocycles. The van der Waals surface area contributed by atoms with E-state index in [4.69, 9.17) is 4.74 Å². The van der Waals surface area contributed by atoms with Gasteiger partial charge in [-0.05, 0) is 30.9 Å². The summed E-state index contributed by atoms with van der Waals surface area (Å²) in [7, 11) is 0. The molecule has 0 aliphatic carbocycles. The zero-order valence-corrected chi connectivity index (χ0v) is 12.6. The molecule has 1 aromatic carbocycles. The number of hydrogen-bond acceptors (Lipinski definition) is 2. The lowest BCUT2D eigenvalue weighted by Gasteiger charge is -2.09. The van der Waals surface area contributed by atoms with Gasteiger partial charge in [0.05, 0.1) is 6.42 Å². The first-order valence-electron chi connectivity index (χ1n) is 7.14. The maximum absolute atomic E-state index is 11.7. The van der Waals surface area contributed by atoms with E-state index in [2.05, 4.69) is 26.0 Å². The van der Waals surface area contributed by atoms with E-state index in [-0.39, 0.29) is 12.1 Å². The third kappa shape index (κ3) is 7.57. The molecule has 2 nitrogen and oxygen atoms in total. The third-order valence-electron chi connectivity index (χ3n) is 2.71. The van der Waals surface area contributed by atoms with Gasteiger partial charge in [-0.25, -0.2) is 0 Å². The van der Waals surface area contributed by atoms with Crippen LogP contribution in [0.15, 0.2) is 54.6 Å². The predicted octanol–water partition coefficient (Wildman–Crippen LogP) is 4.32. The average Bonchev–Trinajstić information content (AvgIpc) is 2.38. The van der Waals surface area contributed by atoms with Gasteiger partial charge in [0.25, 0.3) is 0 Å². The number of allylic oxidation sites excluding steroid dienone is 3. The van der Waals surface area contributed by atoms with Crippen LogP contribution in [-0.4, -0.2) is 12.1 Å². The average molecular weight is 272 g/mol. The molecule has 0 heterocycles. The maximum Gasteiger partial charge on any atom is 0.310 e. The molecule has 0 spiro atoms. The van der Waals surface area contributed by atoms with Gasteiger partial charge in [0, 0.05) is 0 Å². The van der Waals surface area contributed by atoms with Gasteiger partial charge in [-0.2, -0.15) is 0 Å². The minimum Gasteiger partial charge on any atom is -0.458 e. The highest BCUT2D eigenvalue weighted by Crippen LogP contribution is 2.04. The van der Waals surface area contributed by atoms with Crippen molar-refractivity contribution in [3.8, 4) is 0 Å². The zero-order chi connectivity index (χ0) is 14.8. The summed E-state index contributed by atoms with van der Waals surface area (Å²) in [5.41, 5.74) is 0.980. The Morgan fingerprint density at radius 1 is 1.10 bits per heavy atom. The standard InChI is InChI=1S/C18H24O2/c1-15(2)10-6-4-7-11-16(3)20-18(19)14-17-12-8-5-9-13-17/h5-13,15-16H,4,14H2,1-3H3/b10-6+,11-7+. The van der Waals surface area contributed by atoms with E-state index >= 15 is 0 Å². The van der Waals surface area contributed by atoms with Gasteiger partial charge in [-0.15, -0.1) is 0 Å². The first-order valence-corrected chi connectivity index (χ1v) is 7.14. The number of benzene rings is 1. The van der Waals surface area contributed by atoms with Crippen molar-refractivity contribution in [3.05, 3.63) is 60.2 Å². The molecule has 0 N–H and O–H groups in total. The van der Waals surface area contributed by atoms with E-state index in [1.165, 1.54) is 0 Å². The van der Waals surface area contributed by atoms with Crippen molar-refractivity contribution < 1.29 is 9.53 Å². The minimum atomic E-state index is -0.189. The van der Waals surface area contributed by atoms with Gasteiger partial charge in [-0.1, -0.05) is 62.4 Å². The van der Waals surface area contributed by atoms with Crippen molar-refractivity contribution >= 4 is 5.97 Å². The van der Waals surface area contributed by atoms with E-state index in [0.29, 0.717) is 12.3 Å². The van der Waals surface area contributed by atoms with Crippen LogP contribution in [0.4, 0.5) is 0 Å². The van der Waals surface area contributed by atoms with E-state index < -0.39 is 0 Å². The SMILES string of the molecule is CC(C)/C=C/C/C=C/C(C)OC(=O)Cc1ccccc1. The molecule has 0 aromatic heterocycles. The Kier molecular flexibility index (Phi) is 7.41. The molecule has 20 heavy (non-hydrogen) atoms. The summed E-state index contributed by atoms with van der Waals surface area (Å²) in [6.45, 7) is 6.17. The second-order valence-corrected chi connectivity index (χ2v) is 5.19. The fourth-order valence-corrected chi connectivity index (χ4v) is 1.75. The second kappa shape index (κ2) is 9.13. The fourth-order valence-electron chi connectivity index (χ4n) is 1.75. The Labute approximate surface area is 122 Å². The van der Waals surface area contributed by atoms with Crippen molar-refractivity contribution in [2.24, 2.45) is 5.92 Å². The van der Waals surface area contributed by atoms with Crippen molar-refractivity contribution in [3.63, 3.8) is 0 Å². The first kappa shape index (κ1) is 16.2. The monoisotopic (exact) mass is 272 g/mol. The van der Waals surface area contributed by atoms with Crippen LogP contribution in [0.1, 0.15) is 32.8 Å². The summed E-state index contributed by atoms with van der Waals surface area (Å²) in [4.78, 5) is 11.7. The molecule has 0 radical (unpaired) electrons. The highest BCUT2D eigenvalue weighted by atomic mass is 16.5. The van der Waals surface area contributed by atoms with Crippen LogP contribution in [0.25, 0.3) is 0 Å². The van der Waals surface area contributed by atoms with Crippen molar-refractivity contribution in [1.29, 1.82) is 0 Å². The van der Waals surface area contributed by atoms with Gasteiger partial charge in [-0.3, -0.25) is 4.79 Å². The molecule has 0 aliphatic rings. The lowest BCUT2D eigenvalue weighted by molar-refractivity contribution is -0.145. The Hall–Kier alpha value is -1.83. The highest BCUT2D eigenvalue weighted by Gasteiger charge is 2.07. The van der Waals surface area contributed by atoms with Gasteiger partial charge < -0.3 is 4.74 Å². The summed E-state index contributed by atoms with van der Waals surface area (Å²) >= 11 is 0. The van der Waals surface area contributed by atoms with Crippen LogP contribution >= 0.6 is 0 Å². The second-order valence-electron chi connectivity index (χ2n) is 5.19. The van der Waals surface area contributed by atoms with E-state index in [1.807, 2.05) is 49.4 Å². The lowest BCUT2D eigenvalue weighted by atomic mass is 10.1. The molecule has 0 amide bonds. The fraction of sp³-hybridized carbons (Fsp3) is 0.389. The number of ether oxygens (including phenoxy) is 1. The normalized spacial score (nSPS) is 13.2. The predicted molar refractivity (Wildman–Crippen MR) is 83.4 cm³/mol. The topological polar surface area (TPSA) is 26.3 Å². The van der Waals surface area contributed by atoms with Gasteiger partial charge in [0.15, 0.2) is 0 Å².